The molecule has 0 saturated carbocycles. The van der Waals surface area contributed by atoms with Crippen LogP contribution in [0.5, 0.6) is 5.75 Å². The van der Waals surface area contributed by atoms with Crippen molar-refractivity contribution in [2.24, 2.45) is 0 Å². The van der Waals surface area contributed by atoms with Crippen LogP contribution in [0, 0.1) is 0 Å². The van der Waals surface area contributed by atoms with E-state index in [0.717, 1.165) is 24.2 Å². The van der Waals surface area contributed by atoms with Gasteiger partial charge in [-0.15, -0.1) is 0 Å². The Bertz CT molecular complexity index is 657. The number of hydroxylamine groups is 1. The second kappa shape index (κ2) is 10.5. The molecule has 26 heavy (non-hydrogen) atoms. The highest BCUT2D eigenvalue weighted by molar-refractivity contribution is 5.72. The summed E-state index contributed by atoms with van der Waals surface area (Å²) < 4.78 is 5.64. The molecule has 1 atom stereocenters. The average molecular weight is 356 g/mol. The van der Waals surface area contributed by atoms with Crippen molar-refractivity contribution in [2.45, 2.75) is 52.4 Å². The van der Waals surface area contributed by atoms with E-state index >= 15 is 0 Å². The summed E-state index contributed by atoms with van der Waals surface area (Å²) in [5, 5.41) is 2.87. The summed E-state index contributed by atoms with van der Waals surface area (Å²) in [6.45, 7) is 6.34. The van der Waals surface area contributed by atoms with E-state index in [1.54, 1.807) is 0 Å². The molecule has 0 aromatic heterocycles. The molecule has 0 radical (unpaired) electrons. The smallest absolute Gasteiger partial charge is 0.338 e. The van der Waals surface area contributed by atoms with Crippen molar-refractivity contribution in [1.29, 1.82) is 0 Å². The zero-order valence-corrected chi connectivity index (χ0v) is 15.7. The summed E-state index contributed by atoms with van der Waals surface area (Å²) in [6, 6.07) is 17.5. The minimum atomic E-state index is -0.325. The third-order valence-corrected chi connectivity index (χ3v) is 3.79. The van der Waals surface area contributed by atoms with Crippen molar-refractivity contribution in [2.75, 3.05) is 0 Å². The molecule has 0 saturated heterocycles. The van der Waals surface area contributed by atoms with Crippen LogP contribution >= 0.6 is 0 Å². The number of amides is 2. The van der Waals surface area contributed by atoms with Crippen LogP contribution in [-0.2, 0) is 17.9 Å². The van der Waals surface area contributed by atoms with E-state index < -0.39 is 0 Å². The van der Waals surface area contributed by atoms with E-state index in [-0.39, 0.29) is 18.2 Å². The van der Waals surface area contributed by atoms with Crippen LogP contribution < -0.4 is 15.5 Å². The van der Waals surface area contributed by atoms with Gasteiger partial charge in [0.15, 0.2) is 0 Å². The van der Waals surface area contributed by atoms with Crippen molar-refractivity contribution in [3.05, 3.63) is 65.7 Å². The fourth-order valence-corrected chi connectivity index (χ4v) is 2.47. The lowest BCUT2D eigenvalue weighted by Crippen LogP contribution is -2.40. The van der Waals surface area contributed by atoms with Crippen LogP contribution in [0.1, 0.15) is 38.3 Å². The molecule has 2 rings (SSSR count). The zero-order chi connectivity index (χ0) is 18.8. The van der Waals surface area contributed by atoms with Gasteiger partial charge in [0.25, 0.3) is 0 Å². The molecule has 1 unspecified atom stereocenters. The van der Waals surface area contributed by atoms with E-state index in [2.05, 4.69) is 22.9 Å². The van der Waals surface area contributed by atoms with Crippen LogP contribution in [0.3, 0.4) is 0 Å². The van der Waals surface area contributed by atoms with Crippen molar-refractivity contribution in [3.8, 4) is 5.75 Å². The van der Waals surface area contributed by atoms with Gasteiger partial charge in [0.05, 0.1) is 12.7 Å². The Morgan fingerprint density at radius 3 is 2.31 bits per heavy atom. The van der Waals surface area contributed by atoms with Crippen LogP contribution in [0.15, 0.2) is 54.6 Å². The van der Waals surface area contributed by atoms with Gasteiger partial charge in [-0.05, 0) is 56.9 Å². The summed E-state index contributed by atoms with van der Waals surface area (Å²) in [5.41, 5.74) is 4.64. The molecular formula is C21H28N2O3. The van der Waals surface area contributed by atoms with Crippen molar-refractivity contribution < 1.29 is 14.4 Å². The first-order chi connectivity index (χ1) is 12.5. The Balaban J connectivity index is 1.64. The first kappa shape index (κ1) is 19.8. The summed E-state index contributed by atoms with van der Waals surface area (Å²) >= 11 is 0. The van der Waals surface area contributed by atoms with Crippen LogP contribution in [0.2, 0.25) is 0 Å². The number of ether oxygens (including phenoxy) is 1. The normalized spacial score (nSPS) is 11.8. The van der Waals surface area contributed by atoms with E-state index in [4.69, 9.17) is 9.57 Å². The van der Waals surface area contributed by atoms with Gasteiger partial charge in [-0.3, -0.25) is 4.84 Å². The molecule has 0 spiro atoms. The maximum absolute atomic E-state index is 11.8. The molecule has 5 heteroatoms. The summed E-state index contributed by atoms with van der Waals surface area (Å²) in [4.78, 5) is 17.1. The lowest BCUT2D eigenvalue weighted by molar-refractivity contribution is 0.0482. The number of aryl methyl sites for hydroxylation is 1. The van der Waals surface area contributed by atoms with Crippen LogP contribution in [-0.4, -0.2) is 18.2 Å². The highest BCUT2D eigenvalue weighted by atomic mass is 16.7. The zero-order valence-electron chi connectivity index (χ0n) is 15.7. The molecule has 2 N–H and O–H groups in total. The Kier molecular flexibility index (Phi) is 7.96. The highest BCUT2D eigenvalue weighted by Crippen LogP contribution is 2.15. The molecule has 0 bridgehead atoms. The number of benzene rings is 2. The molecule has 0 fully saturated rings. The molecule has 0 aliphatic carbocycles. The van der Waals surface area contributed by atoms with Gasteiger partial charge < -0.3 is 10.1 Å². The van der Waals surface area contributed by atoms with Crippen molar-refractivity contribution in [1.82, 2.24) is 10.8 Å². The molecule has 2 aromatic carbocycles. The minimum Gasteiger partial charge on any atom is -0.491 e. The van der Waals surface area contributed by atoms with Gasteiger partial charge in [0.1, 0.15) is 5.75 Å². The van der Waals surface area contributed by atoms with Gasteiger partial charge in [-0.2, -0.15) is 0 Å². The van der Waals surface area contributed by atoms with E-state index in [1.807, 2.05) is 63.2 Å². The third kappa shape index (κ3) is 7.57. The number of rotatable bonds is 9. The van der Waals surface area contributed by atoms with Gasteiger partial charge >= 0.3 is 6.03 Å². The van der Waals surface area contributed by atoms with Gasteiger partial charge in [0.2, 0.25) is 0 Å². The fourth-order valence-electron chi connectivity index (χ4n) is 2.47. The largest absolute Gasteiger partial charge is 0.491 e. The predicted molar refractivity (Wildman–Crippen MR) is 103 cm³/mol. The van der Waals surface area contributed by atoms with Gasteiger partial charge in [-0.25, -0.2) is 10.3 Å². The quantitative estimate of drug-likeness (QED) is 0.661. The minimum absolute atomic E-state index is 0.0434. The lowest BCUT2D eigenvalue weighted by Gasteiger charge is -2.15. The molecule has 5 nitrogen and oxygen atoms in total. The lowest BCUT2D eigenvalue weighted by atomic mass is 10.1. The van der Waals surface area contributed by atoms with Crippen LogP contribution in [0.4, 0.5) is 4.79 Å². The number of urea groups is 1. The second-order valence-corrected chi connectivity index (χ2v) is 6.60. The van der Waals surface area contributed by atoms with Gasteiger partial charge in [-0.1, -0.05) is 42.5 Å². The number of hydrogen-bond acceptors (Lipinski definition) is 3. The maximum Gasteiger partial charge on any atom is 0.338 e. The molecule has 0 aliphatic rings. The fraction of sp³-hybridized carbons (Fsp3) is 0.381. The number of carbonyl (C=O) groups is 1. The molecule has 2 aromatic rings. The Labute approximate surface area is 155 Å². The van der Waals surface area contributed by atoms with Crippen LogP contribution in [0.25, 0.3) is 0 Å². The molecule has 2 amide bonds. The summed E-state index contributed by atoms with van der Waals surface area (Å²) in [6.07, 6.45) is 1.90. The maximum atomic E-state index is 11.8. The molecule has 0 heterocycles. The highest BCUT2D eigenvalue weighted by Gasteiger charge is 2.08. The standard InChI is InChI=1S/C21H28N2O3/c1-16(2)26-20-13-11-18(12-14-20)10-9-17(3)22-21(24)23-25-15-19-7-5-4-6-8-19/h4-8,11-14,16-17H,9-10,15H2,1-3H3,(H2,22,23,24). The number of carbonyl (C=O) groups excluding carboxylic acids is 1. The summed E-state index contributed by atoms with van der Waals surface area (Å²) in [5.74, 6) is 0.880. The number of hydrogen-bond donors (Lipinski definition) is 2. The Morgan fingerprint density at radius 1 is 0.962 bits per heavy atom. The molecule has 140 valence electrons. The monoisotopic (exact) mass is 356 g/mol. The second-order valence-electron chi connectivity index (χ2n) is 6.60. The molecular weight excluding hydrogens is 328 g/mol. The van der Waals surface area contributed by atoms with Crippen molar-refractivity contribution in [3.63, 3.8) is 0 Å². The Morgan fingerprint density at radius 2 is 1.65 bits per heavy atom. The van der Waals surface area contributed by atoms with Gasteiger partial charge in [0, 0.05) is 6.04 Å². The first-order valence-electron chi connectivity index (χ1n) is 9.00. The van der Waals surface area contributed by atoms with E-state index in [9.17, 15) is 4.79 Å². The third-order valence-electron chi connectivity index (χ3n) is 3.79. The van der Waals surface area contributed by atoms with E-state index in [1.165, 1.54) is 5.56 Å². The predicted octanol–water partition coefficient (Wildman–Crippen LogP) is 4.23. The molecule has 0 aliphatic heterocycles. The van der Waals surface area contributed by atoms with E-state index in [0.29, 0.717) is 6.61 Å². The van der Waals surface area contributed by atoms with Crippen molar-refractivity contribution >= 4 is 6.03 Å². The average Bonchev–Trinajstić information content (AvgIpc) is 2.61. The summed E-state index contributed by atoms with van der Waals surface area (Å²) in [7, 11) is 0. The SMILES string of the molecule is CC(CCc1ccc(OC(C)C)cc1)NC(=O)NOCc1ccccc1. The topological polar surface area (TPSA) is 59.6 Å². The number of nitrogens with one attached hydrogen (secondary N) is 2. The Hall–Kier alpha value is -2.53. The first-order valence-corrected chi connectivity index (χ1v) is 9.00.